The van der Waals surface area contributed by atoms with Crippen molar-refractivity contribution in [3.63, 3.8) is 0 Å². The van der Waals surface area contributed by atoms with Crippen LogP contribution in [0.25, 0.3) is 0 Å². The number of anilines is 1. The summed E-state index contributed by atoms with van der Waals surface area (Å²) in [6.45, 7) is 0.338. The molecule has 1 heterocycles. The van der Waals surface area contributed by atoms with Gasteiger partial charge in [-0.15, -0.1) is 0 Å². The van der Waals surface area contributed by atoms with Gasteiger partial charge in [-0.1, -0.05) is 11.8 Å². The minimum atomic E-state index is -2.42. The maximum Gasteiger partial charge on any atom is 0.284 e. The van der Waals surface area contributed by atoms with Crippen LogP contribution in [-0.2, 0) is 12.3 Å². The number of rotatable bonds is 7. The van der Waals surface area contributed by atoms with Crippen LogP contribution >= 0.6 is 11.8 Å². The molecule has 21 heavy (non-hydrogen) atoms. The molecule has 0 spiro atoms. The first kappa shape index (κ1) is 15.6. The maximum absolute atomic E-state index is 13.5. The van der Waals surface area contributed by atoms with Crippen molar-refractivity contribution in [3.05, 3.63) is 47.7 Å². The lowest BCUT2D eigenvalue weighted by molar-refractivity contribution is 0.251. The van der Waals surface area contributed by atoms with Crippen LogP contribution in [0, 0.1) is 5.82 Å². The normalized spacial score (nSPS) is 10.9. The first-order valence-electron chi connectivity index (χ1n) is 6.13. The summed E-state index contributed by atoms with van der Waals surface area (Å²) in [5.74, 6) is -1.51. The Kier molecular flexibility index (Phi) is 5.44. The van der Waals surface area contributed by atoms with Gasteiger partial charge < -0.3 is 14.5 Å². The van der Waals surface area contributed by atoms with Gasteiger partial charge in [0.15, 0.2) is 11.6 Å². The Morgan fingerprint density at radius 1 is 1.24 bits per heavy atom. The van der Waals surface area contributed by atoms with E-state index in [0.29, 0.717) is 35.5 Å². The second-order valence-electron chi connectivity index (χ2n) is 4.14. The van der Waals surface area contributed by atoms with Crippen LogP contribution in [0.1, 0.15) is 11.5 Å². The number of benzene rings is 1. The molecular formula is C14H14F3NO2S. The molecule has 1 aromatic carbocycles. The first-order chi connectivity index (χ1) is 10.1. The van der Waals surface area contributed by atoms with E-state index in [4.69, 9.17) is 9.15 Å². The van der Waals surface area contributed by atoms with Crippen LogP contribution in [-0.4, -0.2) is 12.9 Å². The molecule has 0 aliphatic rings. The number of thioether (sulfide) groups is 1. The van der Waals surface area contributed by atoms with Crippen LogP contribution in [0.3, 0.4) is 0 Å². The molecule has 2 rings (SSSR count). The largest absolute Gasteiger partial charge is 0.494 e. The second kappa shape index (κ2) is 7.31. The van der Waals surface area contributed by atoms with E-state index in [1.165, 1.54) is 19.2 Å². The third-order valence-corrected chi connectivity index (χ3v) is 3.39. The number of halogens is 3. The number of methoxy groups -OCH3 is 1. The van der Waals surface area contributed by atoms with E-state index in [9.17, 15) is 13.2 Å². The minimum Gasteiger partial charge on any atom is -0.494 e. The molecule has 3 nitrogen and oxygen atoms in total. The maximum atomic E-state index is 13.5. The second-order valence-corrected chi connectivity index (χ2v) is 5.12. The molecule has 1 aromatic heterocycles. The summed E-state index contributed by atoms with van der Waals surface area (Å²) < 4.78 is 47.8. The van der Waals surface area contributed by atoms with Crippen LogP contribution in [0.4, 0.5) is 18.9 Å². The van der Waals surface area contributed by atoms with E-state index in [2.05, 4.69) is 5.32 Å². The van der Waals surface area contributed by atoms with Gasteiger partial charge in [0, 0.05) is 11.8 Å². The molecule has 0 amide bonds. The average Bonchev–Trinajstić information content (AvgIpc) is 2.91. The lowest BCUT2D eigenvalue weighted by Crippen LogP contribution is -1.99. The number of furan rings is 1. The smallest absolute Gasteiger partial charge is 0.284 e. The summed E-state index contributed by atoms with van der Waals surface area (Å²) in [4.78, 5) is 0. The summed E-state index contributed by atoms with van der Waals surface area (Å²) in [7, 11) is 1.40. The molecule has 0 aliphatic carbocycles. The van der Waals surface area contributed by atoms with Crippen molar-refractivity contribution in [2.24, 2.45) is 0 Å². The fourth-order valence-electron chi connectivity index (χ4n) is 1.71. The van der Waals surface area contributed by atoms with E-state index in [-0.39, 0.29) is 11.5 Å². The van der Waals surface area contributed by atoms with Crippen molar-refractivity contribution in [1.82, 2.24) is 0 Å². The molecule has 1 N–H and O–H groups in total. The Morgan fingerprint density at radius 2 is 2.00 bits per heavy atom. The Hall–Kier alpha value is -1.76. The first-order valence-corrected chi connectivity index (χ1v) is 7.18. The standard InChI is InChI=1S/C14H14F3NO2S/c1-19-13-5-2-9(6-12(13)15)18-7-10-3-4-11(20-10)8-21-14(16)17/h2-6,14,18H,7-8H2,1H3. The Balaban J connectivity index is 1.89. The fraction of sp³-hybridized carbons (Fsp3) is 0.286. The zero-order valence-corrected chi connectivity index (χ0v) is 12.1. The van der Waals surface area contributed by atoms with Gasteiger partial charge in [0.1, 0.15) is 11.5 Å². The SMILES string of the molecule is COc1ccc(NCc2ccc(CSC(F)F)o2)cc1F. The van der Waals surface area contributed by atoms with Gasteiger partial charge in [0.2, 0.25) is 0 Å². The topological polar surface area (TPSA) is 34.4 Å². The van der Waals surface area contributed by atoms with E-state index >= 15 is 0 Å². The van der Waals surface area contributed by atoms with E-state index in [0.717, 1.165) is 0 Å². The highest BCUT2D eigenvalue weighted by Gasteiger charge is 2.08. The molecule has 0 saturated heterocycles. The molecule has 0 bridgehead atoms. The fourth-order valence-corrected chi connectivity index (χ4v) is 2.15. The molecule has 7 heteroatoms. The zero-order chi connectivity index (χ0) is 15.2. The van der Waals surface area contributed by atoms with Crippen LogP contribution in [0.5, 0.6) is 5.75 Å². The van der Waals surface area contributed by atoms with E-state index in [1.54, 1.807) is 18.2 Å². The summed E-state index contributed by atoms with van der Waals surface area (Å²) in [6.07, 6.45) is 0. The third-order valence-electron chi connectivity index (χ3n) is 2.69. The minimum absolute atomic E-state index is 0.120. The van der Waals surface area contributed by atoms with E-state index < -0.39 is 11.6 Å². The Labute approximate surface area is 124 Å². The van der Waals surface area contributed by atoms with Gasteiger partial charge in [0.05, 0.1) is 19.4 Å². The van der Waals surface area contributed by atoms with Crippen molar-refractivity contribution in [2.45, 2.75) is 18.1 Å². The van der Waals surface area contributed by atoms with Crippen molar-refractivity contribution in [1.29, 1.82) is 0 Å². The van der Waals surface area contributed by atoms with Crippen molar-refractivity contribution >= 4 is 17.4 Å². The zero-order valence-electron chi connectivity index (χ0n) is 11.2. The Bertz CT molecular complexity index is 589. The molecule has 0 unspecified atom stereocenters. The van der Waals surface area contributed by atoms with Gasteiger partial charge in [-0.05, 0) is 24.3 Å². The molecule has 114 valence electrons. The van der Waals surface area contributed by atoms with Gasteiger partial charge in [0.25, 0.3) is 5.76 Å². The van der Waals surface area contributed by atoms with Gasteiger partial charge >= 0.3 is 0 Å². The van der Waals surface area contributed by atoms with Gasteiger partial charge in [-0.25, -0.2) is 4.39 Å². The highest BCUT2D eigenvalue weighted by atomic mass is 32.2. The molecule has 0 fully saturated rings. The van der Waals surface area contributed by atoms with Crippen LogP contribution in [0.15, 0.2) is 34.7 Å². The third kappa shape index (κ3) is 4.63. The van der Waals surface area contributed by atoms with Crippen molar-refractivity contribution in [3.8, 4) is 5.75 Å². The predicted octanol–water partition coefficient (Wildman–Crippen LogP) is 4.50. The Morgan fingerprint density at radius 3 is 2.67 bits per heavy atom. The molecule has 2 aromatic rings. The molecular weight excluding hydrogens is 303 g/mol. The molecule has 0 radical (unpaired) electrons. The summed E-state index contributed by atoms with van der Waals surface area (Å²) in [5.41, 5.74) is 0.577. The highest BCUT2D eigenvalue weighted by Crippen LogP contribution is 2.23. The number of alkyl halides is 2. The number of hydrogen-bond donors (Lipinski definition) is 1. The lowest BCUT2D eigenvalue weighted by Gasteiger charge is -2.07. The number of nitrogens with one attached hydrogen (secondary N) is 1. The number of hydrogen-bond acceptors (Lipinski definition) is 4. The van der Waals surface area contributed by atoms with Crippen LogP contribution in [0.2, 0.25) is 0 Å². The van der Waals surface area contributed by atoms with Gasteiger partial charge in [-0.2, -0.15) is 8.78 Å². The van der Waals surface area contributed by atoms with Gasteiger partial charge in [-0.3, -0.25) is 0 Å². The van der Waals surface area contributed by atoms with Crippen molar-refractivity contribution in [2.75, 3.05) is 12.4 Å². The molecule has 0 atom stereocenters. The summed E-state index contributed by atoms with van der Waals surface area (Å²) in [5, 5.41) is 2.99. The highest BCUT2D eigenvalue weighted by molar-refractivity contribution is 7.98. The monoisotopic (exact) mass is 317 g/mol. The average molecular weight is 317 g/mol. The number of ether oxygens (including phenoxy) is 1. The summed E-state index contributed by atoms with van der Waals surface area (Å²) >= 11 is 0.507. The quantitative estimate of drug-likeness (QED) is 0.815. The molecule has 0 aliphatic heterocycles. The van der Waals surface area contributed by atoms with Crippen LogP contribution < -0.4 is 10.1 Å². The predicted molar refractivity (Wildman–Crippen MR) is 76.3 cm³/mol. The lowest BCUT2D eigenvalue weighted by atomic mass is 10.3. The summed E-state index contributed by atoms with van der Waals surface area (Å²) in [6, 6.07) is 7.87. The van der Waals surface area contributed by atoms with E-state index in [1.807, 2.05) is 0 Å². The van der Waals surface area contributed by atoms with Crippen molar-refractivity contribution < 1.29 is 22.3 Å². The molecule has 0 saturated carbocycles.